The van der Waals surface area contributed by atoms with Crippen molar-refractivity contribution in [2.45, 2.75) is 39.3 Å². The Labute approximate surface area is 152 Å². The standard InChI is InChI=1S/C20H22N4O2/c1-12-4-3-5-16-14(10-21-19(12)16)8-13(2)22-20(25)18-9-15-11-26-7-6-17(15)23-24-18/h3-5,9-10,13,21H,6-8,11H2,1-2H3,(H,22,25). The molecule has 0 bridgehead atoms. The number of benzene rings is 1. The Morgan fingerprint density at radius 2 is 2.27 bits per heavy atom. The van der Waals surface area contributed by atoms with E-state index in [4.69, 9.17) is 4.74 Å². The summed E-state index contributed by atoms with van der Waals surface area (Å²) in [6.07, 6.45) is 3.52. The molecule has 2 aromatic heterocycles. The molecule has 1 aliphatic heterocycles. The minimum atomic E-state index is -0.200. The zero-order chi connectivity index (χ0) is 18.1. The first-order valence-corrected chi connectivity index (χ1v) is 8.91. The van der Waals surface area contributed by atoms with Crippen LogP contribution >= 0.6 is 0 Å². The SMILES string of the molecule is Cc1cccc2c(CC(C)NC(=O)c3cc4c(nn3)CCOC4)c[nH]c12. The third-order valence-corrected chi connectivity index (χ3v) is 4.85. The zero-order valence-corrected chi connectivity index (χ0v) is 15.0. The van der Waals surface area contributed by atoms with E-state index in [0.717, 1.165) is 29.6 Å². The summed E-state index contributed by atoms with van der Waals surface area (Å²) >= 11 is 0. The number of nitrogens with zero attached hydrogens (tertiary/aromatic N) is 2. The number of nitrogens with one attached hydrogen (secondary N) is 2. The van der Waals surface area contributed by atoms with Gasteiger partial charge in [0, 0.05) is 35.1 Å². The largest absolute Gasteiger partial charge is 0.376 e. The van der Waals surface area contributed by atoms with Crippen molar-refractivity contribution in [1.29, 1.82) is 0 Å². The number of fused-ring (bicyclic) bond motifs is 2. The third-order valence-electron chi connectivity index (χ3n) is 4.85. The number of aromatic amines is 1. The first kappa shape index (κ1) is 16.7. The van der Waals surface area contributed by atoms with Crippen LogP contribution in [0.2, 0.25) is 0 Å². The van der Waals surface area contributed by atoms with Gasteiger partial charge in [0.2, 0.25) is 0 Å². The Morgan fingerprint density at radius 3 is 3.15 bits per heavy atom. The van der Waals surface area contributed by atoms with Gasteiger partial charge in [-0.25, -0.2) is 0 Å². The highest BCUT2D eigenvalue weighted by atomic mass is 16.5. The summed E-state index contributed by atoms with van der Waals surface area (Å²) in [5.74, 6) is -0.200. The Kier molecular flexibility index (Phi) is 4.42. The van der Waals surface area contributed by atoms with E-state index in [-0.39, 0.29) is 11.9 Å². The molecular weight excluding hydrogens is 328 g/mol. The van der Waals surface area contributed by atoms with Crippen LogP contribution in [0.15, 0.2) is 30.5 Å². The lowest BCUT2D eigenvalue weighted by atomic mass is 10.0. The van der Waals surface area contributed by atoms with E-state index >= 15 is 0 Å². The summed E-state index contributed by atoms with van der Waals surface area (Å²) in [6, 6.07) is 8.03. The zero-order valence-electron chi connectivity index (χ0n) is 15.0. The van der Waals surface area contributed by atoms with E-state index < -0.39 is 0 Å². The number of hydrogen-bond acceptors (Lipinski definition) is 4. The number of amides is 1. The molecule has 1 aromatic carbocycles. The Bertz CT molecular complexity index is 964. The minimum absolute atomic E-state index is 0.0175. The number of hydrogen-bond donors (Lipinski definition) is 2. The van der Waals surface area contributed by atoms with Crippen LogP contribution in [-0.2, 0) is 24.2 Å². The molecule has 0 radical (unpaired) electrons. The molecular formula is C20H22N4O2. The van der Waals surface area contributed by atoms with Gasteiger partial charge < -0.3 is 15.0 Å². The summed E-state index contributed by atoms with van der Waals surface area (Å²) in [7, 11) is 0. The van der Waals surface area contributed by atoms with E-state index in [1.807, 2.05) is 13.1 Å². The molecule has 0 spiro atoms. The third kappa shape index (κ3) is 3.20. The van der Waals surface area contributed by atoms with Crippen LogP contribution in [-0.4, -0.2) is 33.7 Å². The average Bonchev–Trinajstić information content (AvgIpc) is 3.05. The van der Waals surface area contributed by atoms with E-state index in [1.54, 1.807) is 6.07 Å². The lowest BCUT2D eigenvalue weighted by molar-refractivity contribution is 0.0929. The highest BCUT2D eigenvalue weighted by Gasteiger charge is 2.18. The molecule has 4 rings (SSSR count). The van der Waals surface area contributed by atoms with Gasteiger partial charge in [-0.05, 0) is 37.5 Å². The van der Waals surface area contributed by atoms with E-state index in [9.17, 15) is 4.79 Å². The van der Waals surface area contributed by atoms with Gasteiger partial charge in [-0.15, -0.1) is 5.10 Å². The van der Waals surface area contributed by atoms with Crippen molar-refractivity contribution in [3.8, 4) is 0 Å². The van der Waals surface area contributed by atoms with Crippen LogP contribution in [0.25, 0.3) is 10.9 Å². The summed E-state index contributed by atoms with van der Waals surface area (Å²) in [4.78, 5) is 15.9. The van der Waals surface area contributed by atoms with Crippen LogP contribution in [0.3, 0.4) is 0 Å². The van der Waals surface area contributed by atoms with Crippen molar-refractivity contribution in [3.63, 3.8) is 0 Å². The van der Waals surface area contributed by atoms with Gasteiger partial charge in [-0.3, -0.25) is 4.79 Å². The Hall–Kier alpha value is -2.73. The highest BCUT2D eigenvalue weighted by molar-refractivity contribution is 5.92. The summed E-state index contributed by atoms with van der Waals surface area (Å²) < 4.78 is 5.43. The van der Waals surface area contributed by atoms with E-state index in [0.29, 0.717) is 18.9 Å². The van der Waals surface area contributed by atoms with Crippen molar-refractivity contribution in [2.24, 2.45) is 0 Å². The van der Waals surface area contributed by atoms with Crippen molar-refractivity contribution < 1.29 is 9.53 Å². The lowest BCUT2D eigenvalue weighted by Gasteiger charge is -2.16. The highest BCUT2D eigenvalue weighted by Crippen LogP contribution is 2.22. The number of aryl methyl sites for hydroxylation is 1. The maximum Gasteiger partial charge on any atom is 0.272 e. The number of para-hydroxylation sites is 1. The second-order valence-electron chi connectivity index (χ2n) is 6.89. The number of carbonyl (C=O) groups excluding carboxylic acids is 1. The fraction of sp³-hybridized carbons (Fsp3) is 0.350. The van der Waals surface area contributed by atoms with Crippen molar-refractivity contribution in [2.75, 3.05) is 6.61 Å². The van der Waals surface area contributed by atoms with Gasteiger partial charge >= 0.3 is 0 Å². The molecule has 3 heterocycles. The summed E-state index contributed by atoms with van der Waals surface area (Å²) in [5.41, 5.74) is 5.79. The van der Waals surface area contributed by atoms with Crippen LogP contribution in [0.4, 0.5) is 0 Å². The summed E-state index contributed by atoms with van der Waals surface area (Å²) in [5, 5.41) is 12.5. The normalized spacial score (nSPS) is 14.8. The van der Waals surface area contributed by atoms with Gasteiger partial charge in [0.05, 0.1) is 18.9 Å². The molecule has 6 heteroatoms. The Balaban J connectivity index is 1.46. The van der Waals surface area contributed by atoms with Gasteiger partial charge in [0.1, 0.15) is 0 Å². The number of aromatic nitrogens is 3. The molecule has 0 fully saturated rings. The minimum Gasteiger partial charge on any atom is -0.376 e. The number of ether oxygens (including phenoxy) is 1. The van der Waals surface area contributed by atoms with Crippen molar-refractivity contribution in [3.05, 3.63) is 58.5 Å². The van der Waals surface area contributed by atoms with Gasteiger partial charge in [0.25, 0.3) is 5.91 Å². The average molecular weight is 350 g/mol. The molecule has 3 aromatic rings. The fourth-order valence-electron chi connectivity index (χ4n) is 3.46. The maximum atomic E-state index is 12.5. The number of H-pyrrole nitrogens is 1. The van der Waals surface area contributed by atoms with E-state index in [1.165, 1.54) is 16.5 Å². The number of carbonyl (C=O) groups is 1. The molecule has 6 nitrogen and oxygen atoms in total. The number of rotatable bonds is 4. The molecule has 0 aliphatic carbocycles. The molecule has 0 saturated carbocycles. The second-order valence-corrected chi connectivity index (χ2v) is 6.89. The molecule has 1 atom stereocenters. The molecule has 0 saturated heterocycles. The predicted octanol–water partition coefficient (Wildman–Crippen LogP) is 2.70. The predicted molar refractivity (Wildman–Crippen MR) is 99.1 cm³/mol. The molecule has 2 N–H and O–H groups in total. The molecule has 1 aliphatic rings. The van der Waals surface area contributed by atoms with Crippen LogP contribution in [0, 0.1) is 6.92 Å². The van der Waals surface area contributed by atoms with Gasteiger partial charge in [-0.1, -0.05) is 18.2 Å². The maximum absolute atomic E-state index is 12.5. The monoisotopic (exact) mass is 350 g/mol. The summed E-state index contributed by atoms with van der Waals surface area (Å²) in [6.45, 7) is 5.25. The van der Waals surface area contributed by atoms with Crippen LogP contribution < -0.4 is 5.32 Å². The van der Waals surface area contributed by atoms with Gasteiger partial charge in [-0.2, -0.15) is 5.10 Å². The first-order valence-electron chi connectivity index (χ1n) is 8.91. The van der Waals surface area contributed by atoms with Crippen LogP contribution in [0.5, 0.6) is 0 Å². The lowest BCUT2D eigenvalue weighted by Crippen LogP contribution is -2.35. The first-order chi connectivity index (χ1) is 12.6. The van der Waals surface area contributed by atoms with Crippen molar-refractivity contribution >= 4 is 16.8 Å². The fourth-order valence-corrected chi connectivity index (χ4v) is 3.46. The molecule has 26 heavy (non-hydrogen) atoms. The van der Waals surface area contributed by atoms with Crippen molar-refractivity contribution in [1.82, 2.24) is 20.5 Å². The second kappa shape index (κ2) is 6.88. The molecule has 1 amide bonds. The van der Waals surface area contributed by atoms with E-state index in [2.05, 4.69) is 45.6 Å². The van der Waals surface area contributed by atoms with Gasteiger partial charge in [0.15, 0.2) is 5.69 Å². The quantitative estimate of drug-likeness (QED) is 0.758. The van der Waals surface area contributed by atoms with Crippen LogP contribution in [0.1, 0.15) is 39.8 Å². The topological polar surface area (TPSA) is 79.9 Å². The molecule has 1 unspecified atom stereocenters. The Morgan fingerprint density at radius 1 is 1.38 bits per heavy atom. The smallest absolute Gasteiger partial charge is 0.272 e. The molecule has 134 valence electrons.